The van der Waals surface area contributed by atoms with Crippen molar-refractivity contribution in [2.45, 2.75) is 225 Å². The zero-order chi connectivity index (χ0) is 44.2. The first-order valence-corrected chi connectivity index (χ1v) is 26.1. The Bertz CT molecular complexity index is 1340. The summed E-state index contributed by atoms with van der Waals surface area (Å²) < 4.78 is 34.0. The number of unbranched alkanes of at least 4 members (excludes halogenated alkanes) is 28. The van der Waals surface area contributed by atoms with Crippen molar-refractivity contribution in [2.24, 2.45) is 0 Å². The summed E-state index contributed by atoms with van der Waals surface area (Å²) >= 11 is 0. The lowest BCUT2D eigenvalue weighted by Crippen LogP contribution is -2.33. The van der Waals surface area contributed by atoms with E-state index in [-0.39, 0.29) is 37.1 Å². The fraction of sp³-hybridized carbons (Fsp3) is 0.796. The molecule has 0 aliphatic carbocycles. The molecule has 350 valence electrons. The molecule has 1 aliphatic rings. The number of imide groups is 1. The average Bonchev–Trinajstić information content (AvgIpc) is 3.49. The van der Waals surface area contributed by atoms with E-state index in [2.05, 4.69) is 13.8 Å². The molecule has 1 aliphatic heterocycles. The minimum atomic E-state index is -4.69. The number of carbonyl (C=O) groups is 4. The number of phosphoric acid groups is 1. The zero-order valence-corrected chi connectivity index (χ0v) is 39.3. The molecule has 0 saturated heterocycles. The highest BCUT2D eigenvalue weighted by atomic mass is 31.2. The summed E-state index contributed by atoms with van der Waals surface area (Å²) in [5.74, 6) is -1.95. The van der Waals surface area contributed by atoms with Crippen LogP contribution in [0.15, 0.2) is 24.3 Å². The maximum atomic E-state index is 12.8. The Kier molecular flexibility index (Phi) is 32.0. The third kappa shape index (κ3) is 27.3. The van der Waals surface area contributed by atoms with Gasteiger partial charge in [0, 0.05) is 12.8 Å². The summed E-state index contributed by atoms with van der Waals surface area (Å²) in [7, 11) is -4.69. The molecule has 0 spiro atoms. The Morgan fingerprint density at radius 1 is 0.541 bits per heavy atom. The van der Waals surface area contributed by atoms with E-state index >= 15 is 0 Å². The van der Waals surface area contributed by atoms with Crippen LogP contribution in [0.2, 0.25) is 0 Å². The van der Waals surface area contributed by atoms with Crippen molar-refractivity contribution in [1.29, 1.82) is 0 Å². The molecule has 0 fully saturated rings. The molecule has 1 unspecified atom stereocenters. The Morgan fingerprint density at radius 3 is 1.30 bits per heavy atom. The summed E-state index contributed by atoms with van der Waals surface area (Å²) in [5, 5.41) is 0. The summed E-state index contributed by atoms with van der Waals surface area (Å²) in [5.41, 5.74) is 0.526. The number of phosphoric ester groups is 1. The second kappa shape index (κ2) is 35.8. The van der Waals surface area contributed by atoms with Crippen LogP contribution in [0.25, 0.3) is 0 Å². The third-order valence-corrected chi connectivity index (χ3v) is 12.6. The number of nitrogens with zero attached hydrogens (tertiary/aromatic N) is 1. The van der Waals surface area contributed by atoms with Crippen LogP contribution in [0.1, 0.15) is 240 Å². The van der Waals surface area contributed by atoms with Gasteiger partial charge in [0.1, 0.15) is 6.61 Å². The van der Waals surface area contributed by atoms with Crippen molar-refractivity contribution in [3.05, 3.63) is 35.4 Å². The molecule has 1 heterocycles. The molecule has 2 rings (SSSR count). The average molecular weight is 878 g/mol. The molecule has 61 heavy (non-hydrogen) atoms. The molecular formula is C49H84NO10P. The van der Waals surface area contributed by atoms with Gasteiger partial charge in [0.15, 0.2) is 6.10 Å². The van der Waals surface area contributed by atoms with E-state index in [1.165, 1.54) is 141 Å². The number of fused-ring (bicyclic) bond motifs is 1. The third-order valence-electron chi connectivity index (χ3n) is 11.6. The van der Waals surface area contributed by atoms with Crippen LogP contribution in [-0.4, -0.2) is 66.0 Å². The highest BCUT2D eigenvalue weighted by Crippen LogP contribution is 2.43. The molecular weight excluding hydrogens is 794 g/mol. The van der Waals surface area contributed by atoms with Crippen LogP contribution in [0.4, 0.5) is 0 Å². The number of ether oxygens (including phenoxy) is 2. The van der Waals surface area contributed by atoms with Gasteiger partial charge in [0.2, 0.25) is 0 Å². The van der Waals surface area contributed by atoms with Gasteiger partial charge < -0.3 is 14.4 Å². The van der Waals surface area contributed by atoms with Crippen LogP contribution >= 0.6 is 7.82 Å². The molecule has 12 heteroatoms. The second-order valence-corrected chi connectivity index (χ2v) is 18.6. The highest BCUT2D eigenvalue weighted by molar-refractivity contribution is 7.47. The Balaban J connectivity index is 1.67. The van der Waals surface area contributed by atoms with E-state index in [4.69, 9.17) is 18.5 Å². The van der Waals surface area contributed by atoms with Crippen molar-refractivity contribution >= 4 is 31.6 Å². The van der Waals surface area contributed by atoms with Crippen LogP contribution < -0.4 is 0 Å². The van der Waals surface area contributed by atoms with Gasteiger partial charge >= 0.3 is 19.8 Å². The Hall–Kier alpha value is -2.59. The first-order valence-electron chi connectivity index (χ1n) is 24.6. The fourth-order valence-corrected chi connectivity index (χ4v) is 8.55. The normalized spacial score (nSPS) is 14.0. The molecule has 1 aromatic rings. The maximum Gasteiger partial charge on any atom is 0.472 e. The molecule has 0 bridgehead atoms. The van der Waals surface area contributed by atoms with Crippen LogP contribution in [0.3, 0.4) is 0 Å². The van der Waals surface area contributed by atoms with Crippen LogP contribution in [0.5, 0.6) is 0 Å². The second-order valence-electron chi connectivity index (χ2n) is 17.1. The van der Waals surface area contributed by atoms with E-state index in [0.717, 1.165) is 43.4 Å². The number of carbonyl (C=O) groups excluding carboxylic acids is 4. The Labute approximate surface area is 369 Å². The smallest absolute Gasteiger partial charge is 0.462 e. The SMILES string of the molecule is CCCCCCCCCCCCCCCCCC(=O)OC[C@@H](COP(=O)(O)OCCN1C(=O)c2ccccc2C1=O)OC(=O)CCCCCCCCCCCCCCCCC. The minimum absolute atomic E-state index is 0.176. The van der Waals surface area contributed by atoms with Crippen molar-refractivity contribution < 1.29 is 47.2 Å². The number of hydrogen-bond donors (Lipinski definition) is 1. The fourth-order valence-electron chi connectivity index (χ4n) is 7.80. The van der Waals surface area contributed by atoms with Gasteiger partial charge in [-0.2, -0.15) is 0 Å². The molecule has 0 radical (unpaired) electrons. The van der Waals surface area contributed by atoms with Gasteiger partial charge in [-0.1, -0.05) is 206 Å². The molecule has 2 amide bonds. The summed E-state index contributed by atoms with van der Waals surface area (Å²) in [4.78, 5) is 62.0. The number of hydrogen-bond acceptors (Lipinski definition) is 9. The van der Waals surface area contributed by atoms with E-state index < -0.39 is 50.9 Å². The maximum absolute atomic E-state index is 12.8. The molecule has 0 saturated carbocycles. The van der Waals surface area contributed by atoms with Crippen LogP contribution in [-0.2, 0) is 32.7 Å². The molecule has 11 nitrogen and oxygen atoms in total. The van der Waals surface area contributed by atoms with Gasteiger partial charge in [-0.3, -0.25) is 33.1 Å². The standard InChI is InChI=1S/C49H84NO10P/c1-3-5-7-9-11-13-15-17-19-21-23-25-27-29-31-37-46(51)57-41-43(60-47(52)38-32-30-28-26-24-22-20-18-16-14-12-10-8-6-4-2)42-59-61(55,56)58-40-39-50-48(53)44-35-33-34-36-45(44)49(50)54/h33-36,43H,3-32,37-42H2,1-2H3,(H,55,56)/t43-/m0/s1. The first-order chi connectivity index (χ1) is 29.7. The lowest BCUT2D eigenvalue weighted by atomic mass is 10.0. The topological polar surface area (TPSA) is 146 Å². The van der Waals surface area contributed by atoms with E-state index in [9.17, 15) is 28.6 Å². The quantitative estimate of drug-likeness (QED) is 0.0291. The highest BCUT2D eigenvalue weighted by Gasteiger charge is 2.35. The van der Waals surface area contributed by atoms with Crippen LogP contribution in [0, 0.1) is 0 Å². The molecule has 1 N–H and O–H groups in total. The van der Waals surface area contributed by atoms with Crippen molar-refractivity contribution in [2.75, 3.05) is 26.4 Å². The van der Waals surface area contributed by atoms with Gasteiger partial charge in [-0.25, -0.2) is 4.57 Å². The van der Waals surface area contributed by atoms with Crippen molar-refractivity contribution in [3.63, 3.8) is 0 Å². The lowest BCUT2D eigenvalue weighted by Gasteiger charge is -2.20. The first kappa shape index (κ1) is 54.5. The monoisotopic (exact) mass is 878 g/mol. The van der Waals surface area contributed by atoms with Crippen molar-refractivity contribution in [3.8, 4) is 0 Å². The van der Waals surface area contributed by atoms with E-state index in [1.807, 2.05) is 0 Å². The number of benzene rings is 1. The summed E-state index contributed by atoms with van der Waals surface area (Å²) in [6.07, 6.45) is 35.9. The predicted octanol–water partition coefficient (Wildman–Crippen LogP) is 13.4. The largest absolute Gasteiger partial charge is 0.472 e. The molecule has 2 atom stereocenters. The Morgan fingerprint density at radius 2 is 0.902 bits per heavy atom. The van der Waals surface area contributed by atoms with E-state index in [1.54, 1.807) is 24.3 Å². The number of esters is 2. The summed E-state index contributed by atoms with van der Waals surface area (Å²) in [6, 6.07) is 6.40. The molecule has 1 aromatic carbocycles. The van der Waals surface area contributed by atoms with Gasteiger partial charge in [-0.05, 0) is 25.0 Å². The number of amides is 2. The predicted molar refractivity (Wildman–Crippen MR) is 243 cm³/mol. The summed E-state index contributed by atoms with van der Waals surface area (Å²) in [6.45, 7) is 2.93. The molecule has 0 aromatic heterocycles. The van der Waals surface area contributed by atoms with Gasteiger partial charge in [0.05, 0.1) is 30.9 Å². The number of rotatable bonds is 42. The minimum Gasteiger partial charge on any atom is -0.462 e. The van der Waals surface area contributed by atoms with Gasteiger partial charge in [0.25, 0.3) is 11.8 Å². The lowest BCUT2D eigenvalue weighted by molar-refractivity contribution is -0.161. The van der Waals surface area contributed by atoms with Crippen molar-refractivity contribution in [1.82, 2.24) is 4.90 Å². The van der Waals surface area contributed by atoms with Gasteiger partial charge in [-0.15, -0.1) is 0 Å². The van der Waals surface area contributed by atoms with E-state index in [0.29, 0.717) is 12.8 Å². The zero-order valence-electron chi connectivity index (χ0n) is 38.4.